The fraction of sp³-hybridized carbons (Fsp3) is 0.600. The minimum absolute atomic E-state index is 0.0321. The molecule has 0 saturated carbocycles. The van der Waals surface area contributed by atoms with Crippen LogP contribution in [0, 0.1) is 0 Å². The molecule has 1 N–H and O–H groups in total. The topological polar surface area (TPSA) is 24.5 Å². The van der Waals surface area contributed by atoms with Crippen molar-refractivity contribution in [1.29, 1.82) is 0 Å². The number of likely N-dealkylation sites (tertiary alicyclic amines) is 1. The van der Waals surface area contributed by atoms with E-state index < -0.39 is 0 Å². The van der Waals surface area contributed by atoms with Gasteiger partial charge in [-0.1, -0.05) is 22.0 Å². The summed E-state index contributed by atoms with van der Waals surface area (Å²) in [6.07, 6.45) is 2.15. The Hall–Kier alpha value is -0.580. The number of ether oxygens (including phenoxy) is 1. The minimum Gasteiger partial charge on any atom is -0.485 e. The molecular formula is C15H21BrN2O. The Kier molecular flexibility index (Phi) is 3.36. The zero-order chi connectivity index (χ0) is 13.6. The predicted octanol–water partition coefficient (Wildman–Crippen LogP) is 2.95. The molecular weight excluding hydrogens is 304 g/mol. The van der Waals surface area contributed by atoms with Crippen LogP contribution in [0.2, 0.25) is 0 Å². The number of likely N-dealkylation sites (N-methyl/N-ethyl adjacent to an activating group) is 1. The third-order valence-electron chi connectivity index (χ3n) is 4.56. The van der Waals surface area contributed by atoms with E-state index in [2.05, 4.69) is 58.3 Å². The Morgan fingerprint density at radius 1 is 1.42 bits per heavy atom. The van der Waals surface area contributed by atoms with E-state index in [9.17, 15) is 0 Å². The lowest BCUT2D eigenvalue weighted by Gasteiger charge is -2.40. The van der Waals surface area contributed by atoms with Crippen molar-refractivity contribution in [2.45, 2.75) is 37.5 Å². The number of benzene rings is 1. The Bertz CT molecular complexity index is 481. The van der Waals surface area contributed by atoms with E-state index in [1.807, 2.05) is 7.05 Å². The zero-order valence-corrected chi connectivity index (χ0v) is 13.3. The van der Waals surface area contributed by atoms with Gasteiger partial charge in [0, 0.05) is 41.5 Å². The highest BCUT2D eigenvalue weighted by Crippen LogP contribution is 2.45. The maximum atomic E-state index is 6.42. The third-order valence-corrected chi connectivity index (χ3v) is 5.05. The highest BCUT2D eigenvalue weighted by molar-refractivity contribution is 9.10. The van der Waals surface area contributed by atoms with Crippen molar-refractivity contribution in [3.63, 3.8) is 0 Å². The summed E-state index contributed by atoms with van der Waals surface area (Å²) >= 11 is 3.54. The smallest absolute Gasteiger partial charge is 0.126 e. The summed E-state index contributed by atoms with van der Waals surface area (Å²) in [5.41, 5.74) is 1.24. The van der Waals surface area contributed by atoms with E-state index in [-0.39, 0.29) is 5.60 Å². The van der Waals surface area contributed by atoms with Gasteiger partial charge in [-0.3, -0.25) is 4.90 Å². The maximum Gasteiger partial charge on any atom is 0.126 e. The van der Waals surface area contributed by atoms with Crippen molar-refractivity contribution in [3.8, 4) is 5.75 Å². The summed E-state index contributed by atoms with van der Waals surface area (Å²) < 4.78 is 7.50. The van der Waals surface area contributed by atoms with Crippen LogP contribution in [0.25, 0.3) is 0 Å². The van der Waals surface area contributed by atoms with Gasteiger partial charge >= 0.3 is 0 Å². The molecule has 1 spiro atoms. The predicted molar refractivity (Wildman–Crippen MR) is 80.6 cm³/mol. The van der Waals surface area contributed by atoms with Crippen molar-refractivity contribution in [3.05, 3.63) is 28.2 Å². The fourth-order valence-corrected chi connectivity index (χ4v) is 3.83. The lowest BCUT2D eigenvalue weighted by atomic mass is 9.85. The van der Waals surface area contributed by atoms with Crippen LogP contribution in [0.15, 0.2) is 22.7 Å². The maximum absolute atomic E-state index is 6.42. The van der Waals surface area contributed by atoms with E-state index in [1.165, 1.54) is 5.56 Å². The van der Waals surface area contributed by atoms with Gasteiger partial charge < -0.3 is 10.1 Å². The number of fused-ring (bicyclic) bond motifs is 1. The van der Waals surface area contributed by atoms with Crippen LogP contribution in [0.1, 0.15) is 31.4 Å². The summed E-state index contributed by atoms with van der Waals surface area (Å²) in [4.78, 5) is 2.40. The van der Waals surface area contributed by atoms with Gasteiger partial charge in [-0.05, 0) is 33.2 Å². The molecule has 1 aromatic carbocycles. The molecule has 2 heterocycles. The third kappa shape index (κ3) is 2.30. The zero-order valence-electron chi connectivity index (χ0n) is 11.7. The molecule has 1 fully saturated rings. The molecule has 0 aromatic heterocycles. The second kappa shape index (κ2) is 4.76. The fourth-order valence-electron chi connectivity index (χ4n) is 3.49. The Morgan fingerprint density at radius 2 is 2.21 bits per heavy atom. The van der Waals surface area contributed by atoms with E-state index in [0.717, 1.165) is 29.6 Å². The summed E-state index contributed by atoms with van der Waals surface area (Å²) in [6.45, 7) is 3.29. The van der Waals surface area contributed by atoms with E-state index in [1.54, 1.807) is 0 Å². The van der Waals surface area contributed by atoms with E-state index >= 15 is 0 Å². The van der Waals surface area contributed by atoms with Crippen LogP contribution >= 0.6 is 15.9 Å². The molecule has 0 radical (unpaired) electrons. The van der Waals surface area contributed by atoms with Gasteiger partial charge in [0.05, 0.1) is 0 Å². The monoisotopic (exact) mass is 324 g/mol. The molecule has 1 saturated heterocycles. The molecule has 4 heteroatoms. The normalized spacial score (nSPS) is 34.3. The lowest BCUT2D eigenvalue weighted by molar-refractivity contribution is 0.0416. The molecule has 3 nitrogen and oxygen atoms in total. The number of rotatable bonds is 1. The number of nitrogens with zero attached hydrogens (tertiary/aromatic N) is 1. The second-order valence-corrected chi connectivity index (χ2v) is 6.90. The summed E-state index contributed by atoms with van der Waals surface area (Å²) in [5.74, 6) is 1.03. The Morgan fingerprint density at radius 3 is 2.84 bits per heavy atom. The number of halogens is 1. The van der Waals surface area contributed by atoms with Gasteiger partial charge in [0.2, 0.25) is 0 Å². The molecule has 3 unspecified atom stereocenters. The van der Waals surface area contributed by atoms with Gasteiger partial charge in [0.1, 0.15) is 11.4 Å². The Labute approximate surface area is 123 Å². The molecule has 1 aromatic rings. The average Bonchev–Trinajstić information content (AvgIpc) is 2.62. The van der Waals surface area contributed by atoms with Gasteiger partial charge in [-0.25, -0.2) is 0 Å². The number of hydrogen-bond donors (Lipinski definition) is 1. The van der Waals surface area contributed by atoms with Crippen molar-refractivity contribution < 1.29 is 4.74 Å². The van der Waals surface area contributed by atoms with Crippen LogP contribution in [-0.2, 0) is 0 Å². The first-order chi connectivity index (χ1) is 9.03. The molecule has 104 valence electrons. The van der Waals surface area contributed by atoms with Gasteiger partial charge in [-0.2, -0.15) is 0 Å². The molecule has 0 amide bonds. The first-order valence-electron chi connectivity index (χ1n) is 6.89. The Balaban J connectivity index is 1.97. The van der Waals surface area contributed by atoms with Crippen molar-refractivity contribution in [2.24, 2.45) is 0 Å². The molecule has 2 aliphatic heterocycles. The average molecular weight is 325 g/mol. The summed E-state index contributed by atoms with van der Waals surface area (Å²) in [5, 5.41) is 3.45. The van der Waals surface area contributed by atoms with Crippen molar-refractivity contribution in [2.75, 3.05) is 20.6 Å². The van der Waals surface area contributed by atoms with Crippen LogP contribution in [-0.4, -0.2) is 37.2 Å². The highest BCUT2D eigenvalue weighted by Gasteiger charge is 2.47. The standard InChI is InChI=1S/C15H21BrN2O/c1-10-7-15(9-18(10)3)8-13(17-2)12-5-4-11(16)6-14(12)19-15/h4-6,10,13,17H,7-9H2,1-3H3. The van der Waals surface area contributed by atoms with Crippen LogP contribution in [0.3, 0.4) is 0 Å². The molecule has 2 aliphatic rings. The second-order valence-electron chi connectivity index (χ2n) is 5.98. The molecule has 0 aliphatic carbocycles. The van der Waals surface area contributed by atoms with Gasteiger partial charge in [0.15, 0.2) is 0 Å². The van der Waals surface area contributed by atoms with Crippen LogP contribution < -0.4 is 10.1 Å². The van der Waals surface area contributed by atoms with Crippen molar-refractivity contribution in [1.82, 2.24) is 10.2 Å². The summed E-state index contributed by atoms with van der Waals surface area (Å²) in [6, 6.07) is 7.33. The SMILES string of the molecule is CNC1CC2(CC(C)N(C)C2)Oc2cc(Br)ccc21. The highest BCUT2D eigenvalue weighted by atomic mass is 79.9. The minimum atomic E-state index is -0.0321. The number of nitrogens with one attached hydrogen (secondary N) is 1. The van der Waals surface area contributed by atoms with Crippen LogP contribution in [0.4, 0.5) is 0 Å². The largest absolute Gasteiger partial charge is 0.485 e. The first-order valence-corrected chi connectivity index (χ1v) is 7.68. The molecule has 3 atom stereocenters. The van der Waals surface area contributed by atoms with E-state index in [4.69, 9.17) is 4.74 Å². The molecule has 3 rings (SSSR count). The van der Waals surface area contributed by atoms with E-state index in [0.29, 0.717) is 12.1 Å². The lowest BCUT2D eigenvalue weighted by Crippen LogP contribution is -2.45. The van der Waals surface area contributed by atoms with Gasteiger partial charge in [-0.15, -0.1) is 0 Å². The number of hydrogen-bond acceptors (Lipinski definition) is 3. The van der Waals surface area contributed by atoms with Crippen LogP contribution in [0.5, 0.6) is 5.75 Å². The van der Waals surface area contributed by atoms with Crippen molar-refractivity contribution >= 4 is 15.9 Å². The first kappa shape index (κ1) is 13.4. The molecule has 19 heavy (non-hydrogen) atoms. The van der Waals surface area contributed by atoms with Gasteiger partial charge in [0.25, 0.3) is 0 Å². The summed E-state index contributed by atoms with van der Waals surface area (Å²) in [7, 11) is 4.23. The molecule has 0 bridgehead atoms. The quantitative estimate of drug-likeness (QED) is 0.859.